The molecule has 7 heteroatoms. The van der Waals surface area contributed by atoms with Crippen LogP contribution >= 0.6 is 11.6 Å². The van der Waals surface area contributed by atoms with Crippen molar-refractivity contribution in [3.05, 3.63) is 28.8 Å². The smallest absolute Gasteiger partial charge is 0.387 e. The average Bonchev–Trinajstić information content (AvgIpc) is 2.19. The van der Waals surface area contributed by atoms with E-state index in [2.05, 4.69) is 0 Å². The summed E-state index contributed by atoms with van der Waals surface area (Å²) in [4.78, 5) is 10.8. The number of aliphatic hydroxyl groups is 1. The highest BCUT2D eigenvalue weighted by Gasteiger charge is 2.34. The van der Waals surface area contributed by atoms with Crippen LogP contribution in [0.4, 0.5) is 18.9 Å². The molecule has 0 aliphatic rings. The third-order valence-corrected chi connectivity index (χ3v) is 1.94. The van der Waals surface area contributed by atoms with Crippen LogP contribution in [0.3, 0.4) is 0 Å². The maximum atomic E-state index is 12.5. The zero-order valence-electron chi connectivity index (χ0n) is 7.81. The number of rotatable bonds is 2. The molecule has 88 valence electrons. The molecular weight excluding hydrogens is 247 g/mol. The molecule has 16 heavy (non-hydrogen) atoms. The minimum atomic E-state index is -4.62. The summed E-state index contributed by atoms with van der Waals surface area (Å²) in [6.45, 7) is -0.889. The van der Waals surface area contributed by atoms with Crippen molar-refractivity contribution in [3.63, 3.8) is 0 Å². The predicted molar refractivity (Wildman–Crippen MR) is 52.2 cm³/mol. The Morgan fingerprint density at radius 3 is 2.56 bits per heavy atom. The number of halogens is 4. The summed E-state index contributed by atoms with van der Waals surface area (Å²) in [5, 5.41) is 10.3. The van der Waals surface area contributed by atoms with E-state index in [0.29, 0.717) is 6.07 Å². The van der Waals surface area contributed by atoms with Gasteiger partial charge >= 0.3 is 6.18 Å². The zero-order chi connectivity index (χ0) is 12.3. The molecule has 3 nitrogen and oxygen atoms in total. The van der Waals surface area contributed by atoms with Crippen LogP contribution in [0, 0.1) is 0 Å². The van der Waals surface area contributed by atoms with E-state index >= 15 is 0 Å². The normalized spacial score (nSPS) is 11.3. The fraction of sp³-hybridized carbons (Fsp3) is 0.222. The topological polar surface area (TPSA) is 49.3 Å². The van der Waals surface area contributed by atoms with E-state index < -0.39 is 29.9 Å². The summed E-state index contributed by atoms with van der Waals surface area (Å²) in [5.41, 5.74) is -1.49. The minimum Gasteiger partial charge on any atom is -0.387 e. The van der Waals surface area contributed by atoms with E-state index in [1.165, 1.54) is 6.07 Å². The van der Waals surface area contributed by atoms with Gasteiger partial charge in [0.15, 0.2) is 0 Å². The SMILES string of the molecule is O=C(CO)Nc1ccc(Cl)cc1C(F)(F)F. The van der Waals surface area contributed by atoms with E-state index in [1.54, 1.807) is 0 Å². The van der Waals surface area contributed by atoms with Gasteiger partial charge in [0.1, 0.15) is 6.61 Å². The maximum Gasteiger partial charge on any atom is 0.418 e. The first-order chi connectivity index (χ1) is 7.34. The second kappa shape index (κ2) is 4.71. The van der Waals surface area contributed by atoms with Crippen molar-refractivity contribution in [1.29, 1.82) is 0 Å². The molecule has 0 unspecified atom stereocenters. The Hall–Kier alpha value is -1.27. The Bertz CT molecular complexity index is 406. The molecule has 1 aromatic carbocycles. The third kappa shape index (κ3) is 3.11. The van der Waals surface area contributed by atoms with Crippen molar-refractivity contribution < 1.29 is 23.1 Å². The number of carbonyl (C=O) groups excluding carboxylic acids is 1. The Labute approximate surface area is 93.8 Å². The highest BCUT2D eigenvalue weighted by molar-refractivity contribution is 6.30. The van der Waals surface area contributed by atoms with Crippen molar-refractivity contribution in [2.75, 3.05) is 11.9 Å². The van der Waals surface area contributed by atoms with Crippen molar-refractivity contribution >= 4 is 23.2 Å². The number of anilines is 1. The van der Waals surface area contributed by atoms with Crippen molar-refractivity contribution in [1.82, 2.24) is 0 Å². The van der Waals surface area contributed by atoms with E-state index in [1.807, 2.05) is 5.32 Å². The van der Waals surface area contributed by atoms with Gasteiger partial charge in [-0.2, -0.15) is 13.2 Å². The van der Waals surface area contributed by atoms with Crippen molar-refractivity contribution in [2.45, 2.75) is 6.18 Å². The Morgan fingerprint density at radius 2 is 2.06 bits per heavy atom. The molecule has 0 spiro atoms. The predicted octanol–water partition coefficient (Wildman–Crippen LogP) is 2.29. The first-order valence-electron chi connectivity index (χ1n) is 4.12. The summed E-state index contributed by atoms with van der Waals surface area (Å²) in [6.07, 6.45) is -4.62. The first kappa shape index (κ1) is 12.8. The number of hydrogen-bond donors (Lipinski definition) is 2. The van der Waals surface area contributed by atoms with E-state index in [9.17, 15) is 18.0 Å². The number of alkyl halides is 3. The highest BCUT2D eigenvalue weighted by atomic mass is 35.5. The average molecular weight is 254 g/mol. The second-order valence-corrected chi connectivity index (χ2v) is 3.33. The van der Waals surface area contributed by atoms with Gasteiger partial charge in [0.25, 0.3) is 0 Å². The summed E-state index contributed by atoms with van der Waals surface area (Å²) in [7, 11) is 0. The van der Waals surface area contributed by atoms with Crippen LogP contribution in [-0.2, 0) is 11.0 Å². The molecule has 0 saturated heterocycles. The van der Waals surface area contributed by atoms with Crippen LogP contribution in [-0.4, -0.2) is 17.6 Å². The van der Waals surface area contributed by atoms with Gasteiger partial charge in [-0.1, -0.05) is 11.6 Å². The zero-order valence-corrected chi connectivity index (χ0v) is 8.56. The maximum absolute atomic E-state index is 12.5. The molecule has 0 radical (unpaired) electrons. The van der Waals surface area contributed by atoms with Gasteiger partial charge in [0.2, 0.25) is 5.91 Å². The molecule has 1 rings (SSSR count). The van der Waals surface area contributed by atoms with E-state index in [-0.39, 0.29) is 5.02 Å². The molecular formula is C9H7ClF3NO2. The van der Waals surface area contributed by atoms with Crippen LogP contribution in [0.25, 0.3) is 0 Å². The standard InChI is InChI=1S/C9H7ClF3NO2/c10-5-1-2-7(14-8(16)4-15)6(3-5)9(11,12)13/h1-3,15H,4H2,(H,14,16). The molecule has 0 saturated carbocycles. The molecule has 0 heterocycles. The molecule has 0 aromatic heterocycles. The molecule has 0 atom stereocenters. The lowest BCUT2D eigenvalue weighted by atomic mass is 10.1. The van der Waals surface area contributed by atoms with Gasteiger partial charge in [0.05, 0.1) is 11.3 Å². The summed E-state index contributed by atoms with van der Waals surface area (Å²) in [5.74, 6) is -0.923. The van der Waals surface area contributed by atoms with Crippen molar-refractivity contribution in [2.24, 2.45) is 0 Å². The third-order valence-electron chi connectivity index (χ3n) is 1.70. The highest BCUT2D eigenvalue weighted by Crippen LogP contribution is 2.36. The summed E-state index contributed by atoms with van der Waals surface area (Å²) in [6, 6.07) is 2.94. The quantitative estimate of drug-likeness (QED) is 0.850. The monoisotopic (exact) mass is 253 g/mol. The minimum absolute atomic E-state index is 0.0886. The number of nitrogens with one attached hydrogen (secondary N) is 1. The number of amides is 1. The van der Waals surface area contributed by atoms with Gasteiger partial charge in [-0.15, -0.1) is 0 Å². The lowest BCUT2D eigenvalue weighted by Gasteiger charge is -2.13. The summed E-state index contributed by atoms with van der Waals surface area (Å²) >= 11 is 5.43. The molecule has 0 bridgehead atoms. The molecule has 0 aliphatic carbocycles. The van der Waals surface area contributed by atoms with Crippen LogP contribution < -0.4 is 5.32 Å². The Balaban J connectivity index is 3.13. The van der Waals surface area contributed by atoms with Crippen LogP contribution in [0.5, 0.6) is 0 Å². The Kier molecular flexibility index (Phi) is 3.77. The molecule has 1 aromatic rings. The lowest BCUT2D eigenvalue weighted by molar-refractivity contribution is -0.137. The van der Waals surface area contributed by atoms with Crippen LogP contribution in [0.2, 0.25) is 5.02 Å². The fourth-order valence-corrected chi connectivity index (χ4v) is 1.22. The Morgan fingerprint density at radius 1 is 1.44 bits per heavy atom. The molecule has 1 amide bonds. The number of carbonyl (C=O) groups is 1. The largest absolute Gasteiger partial charge is 0.418 e. The van der Waals surface area contributed by atoms with Gasteiger partial charge in [0, 0.05) is 5.02 Å². The van der Waals surface area contributed by atoms with Gasteiger partial charge in [-0.3, -0.25) is 4.79 Å². The van der Waals surface area contributed by atoms with Gasteiger partial charge in [-0.05, 0) is 18.2 Å². The van der Waals surface area contributed by atoms with Crippen molar-refractivity contribution in [3.8, 4) is 0 Å². The number of hydrogen-bond acceptors (Lipinski definition) is 2. The van der Waals surface area contributed by atoms with Gasteiger partial charge < -0.3 is 10.4 Å². The number of aliphatic hydroxyl groups excluding tert-OH is 1. The second-order valence-electron chi connectivity index (χ2n) is 2.89. The first-order valence-corrected chi connectivity index (χ1v) is 4.50. The van der Waals surface area contributed by atoms with Gasteiger partial charge in [-0.25, -0.2) is 0 Å². The fourth-order valence-electron chi connectivity index (χ4n) is 1.05. The molecule has 2 N–H and O–H groups in total. The molecule has 0 fully saturated rings. The van der Waals surface area contributed by atoms with Crippen LogP contribution in [0.1, 0.15) is 5.56 Å². The summed E-state index contributed by atoms with van der Waals surface area (Å²) < 4.78 is 37.5. The molecule has 0 aliphatic heterocycles. The lowest BCUT2D eigenvalue weighted by Crippen LogP contribution is -2.19. The number of benzene rings is 1. The van der Waals surface area contributed by atoms with Crippen LogP contribution in [0.15, 0.2) is 18.2 Å². The van der Waals surface area contributed by atoms with E-state index in [4.69, 9.17) is 16.7 Å². The van der Waals surface area contributed by atoms with E-state index in [0.717, 1.165) is 6.07 Å².